The van der Waals surface area contributed by atoms with Crippen LogP contribution in [0.15, 0.2) is 72.8 Å². The first-order valence-electron chi connectivity index (χ1n) is 9.65. The van der Waals surface area contributed by atoms with Gasteiger partial charge in [0.2, 0.25) is 11.8 Å². The van der Waals surface area contributed by atoms with Gasteiger partial charge in [0.05, 0.1) is 26.2 Å². The number of rotatable bonds is 1. The Morgan fingerprint density at radius 1 is 0.667 bits per heavy atom. The number of carbonyl (C=O) groups is 2. The lowest BCUT2D eigenvalue weighted by molar-refractivity contribution is -0.122. The van der Waals surface area contributed by atoms with E-state index in [4.69, 9.17) is 0 Å². The quantitative estimate of drug-likeness (QED) is 0.367. The van der Waals surface area contributed by atoms with Gasteiger partial charge in [-0.05, 0) is 34.4 Å². The maximum absolute atomic E-state index is 13.8. The zero-order valence-electron chi connectivity index (χ0n) is 15.5. The van der Waals surface area contributed by atoms with Gasteiger partial charge in [-0.1, -0.05) is 92.5 Å². The van der Waals surface area contributed by atoms with E-state index in [2.05, 4.69) is 31.9 Å². The third-order valence-corrected chi connectivity index (χ3v) is 9.40. The lowest BCUT2D eigenvalue weighted by atomic mass is 9.54. The van der Waals surface area contributed by atoms with Gasteiger partial charge in [-0.2, -0.15) is 0 Å². The molecule has 1 fully saturated rings. The van der Waals surface area contributed by atoms with E-state index >= 15 is 0 Å². The van der Waals surface area contributed by atoms with E-state index in [-0.39, 0.29) is 23.3 Å². The van der Waals surface area contributed by atoms with E-state index in [0.29, 0.717) is 0 Å². The highest BCUT2D eigenvalue weighted by atomic mass is 79.9. The predicted octanol–water partition coefficient (Wildman–Crippen LogP) is 4.80. The molecule has 0 radical (unpaired) electrons. The van der Waals surface area contributed by atoms with Gasteiger partial charge in [0.1, 0.15) is 5.75 Å². The number of amides is 2. The van der Waals surface area contributed by atoms with E-state index in [9.17, 15) is 14.7 Å². The van der Waals surface area contributed by atoms with E-state index in [1.165, 1.54) is 6.07 Å². The van der Waals surface area contributed by atoms with E-state index in [1.807, 2.05) is 48.5 Å². The largest absolute Gasteiger partial charge is 0.506 e. The molecule has 4 aliphatic rings. The molecular formula is C24H15Br2NO3. The van der Waals surface area contributed by atoms with E-state index < -0.39 is 20.5 Å². The maximum Gasteiger partial charge on any atom is 0.240 e. The number of para-hydroxylation sites is 2. The van der Waals surface area contributed by atoms with Gasteiger partial charge in [-0.15, -0.1) is 0 Å². The molecular weight excluding hydrogens is 510 g/mol. The Morgan fingerprint density at radius 2 is 1.03 bits per heavy atom. The molecule has 3 aromatic carbocycles. The minimum absolute atomic E-state index is 0.0903. The van der Waals surface area contributed by atoms with Crippen molar-refractivity contribution in [2.45, 2.75) is 8.65 Å². The van der Waals surface area contributed by atoms with Crippen molar-refractivity contribution in [3.05, 3.63) is 95.1 Å². The van der Waals surface area contributed by atoms with Crippen LogP contribution in [0.5, 0.6) is 5.75 Å². The summed E-state index contributed by atoms with van der Waals surface area (Å²) in [6.07, 6.45) is 0. The summed E-state index contributed by atoms with van der Waals surface area (Å²) in [7, 11) is 0. The Labute approximate surface area is 189 Å². The van der Waals surface area contributed by atoms with Gasteiger partial charge < -0.3 is 5.11 Å². The summed E-state index contributed by atoms with van der Waals surface area (Å²) < 4.78 is -1.65. The number of halogens is 2. The van der Waals surface area contributed by atoms with Crippen molar-refractivity contribution in [2.75, 3.05) is 4.90 Å². The summed E-state index contributed by atoms with van der Waals surface area (Å²) in [4.78, 5) is 28.8. The Hall–Kier alpha value is -2.44. The van der Waals surface area contributed by atoms with Gasteiger partial charge >= 0.3 is 0 Å². The molecule has 4 nitrogen and oxygen atoms in total. The van der Waals surface area contributed by atoms with Gasteiger partial charge in [-0.3, -0.25) is 9.59 Å². The second-order valence-electron chi connectivity index (χ2n) is 7.97. The van der Waals surface area contributed by atoms with Crippen molar-refractivity contribution >= 4 is 49.4 Å². The van der Waals surface area contributed by atoms with Gasteiger partial charge in [0.25, 0.3) is 0 Å². The van der Waals surface area contributed by atoms with Crippen molar-refractivity contribution in [2.24, 2.45) is 11.8 Å². The van der Waals surface area contributed by atoms with Crippen LogP contribution in [0.1, 0.15) is 22.3 Å². The minimum atomic E-state index is -0.827. The standard InChI is InChI=1S/C24H15Br2NO3/c25-23-13-7-1-2-8-14(13)24(26,16-10-4-3-9-15(16)23)20-19(23)21(29)27(22(20)30)17-11-5-6-12-18(17)28/h1-12,19-20,28H/t19-,20-,23?,24?/m0/s1. The lowest BCUT2D eigenvalue weighted by Gasteiger charge is -2.55. The summed E-state index contributed by atoms with van der Waals surface area (Å²) in [6, 6.07) is 22.4. The van der Waals surface area contributed by atoms with Crippen molar-refractivity contribution in [1.82, 2.24) is 0 Å². The first-order valence-corrected chi connectivity index (χ1v) is 11.2. The molecule has 0 spiro atoms. The fraction of sp³-hybridized carbons (Fsp3) is 0.167. The number of anilines is 1. The fourth-order valence-corrected chi connectivity index (χ4v) is 7.86. The smallest absolute Gasteiger partial charge is 0.240 e. The molecule has 0 unspecified atom stereocenters. The van der Waals surface area contributed by atoms with Gasteiger partial charge in [0.15, 0.2) is 0 Å². The van der Waals surface area contributed by atoms with Crippen LogP contribution in [0.2, 0.25) is 0 Å². The van der Waals surface area contributed by atoms with Crippen LogP contribution in [0, 0.1) is 11.8 Å². The first kappa shape index (κ1) is 18.3. The molecule has 1 N–H and O–H groups in total. The molecule has 6 heteroatoms. The molecule has 1 saturated heterocycles. The van der Waals surface area contributed by atoms with Gasteiger partial charge in [-0.25, -0.2) is 4.90 Å². The van der Waals surface area contributed by atoms with Crippen LogP contribution in [0.4, 0.5) is 5.69 Å². The predicted molar refractivity (Wildman–Crippen MR) is 120 cm³/mol. The highest BCUT2D eigenvalue weighted by Crippen LogP contribution is 2.71. The third-order valence-electron chi connectivity index (χ3n) is 6.71. The first-order chi connectivity index (χ1) is 14.4. The number of imide groups is 1. The van der Waals surface area contributed by atoms with Crippen molar-refractivity contribution in [3.8, 4) is 5.75 Å². The zero-order chi connectivity index (χ0) is 20.8. The third kappa shape index (κ3) is 1.88. The van der Waals surface area contributed by atoms with E-state index in [1.54, 1.807) is 18.2 Å². The van der Waals surface area contributed by atoms with Crippen LogP contribution in [-0.2, 0) is 18.2 Å². The average Bonchev–Trinajstić information content (AvgIpc) is 3.04. The number of benzene rings is 3. The molecule has 0 saturated carbocycles. The minimum Gasteiger partial charge on any atom is -0.506 e. The summed E-state index contributed by atoms with van der Waals surface area (Å²) in [5.74, 6) is -2.00. The molecule has 0 aromatic heterocycles. The highest BCUT2D eigenvalue weighted by Gasteiger charge is 2.72. The topological polar surface area (TPSA) is 57.6 Å². The molecule has 7 rings (SSSR count). The summed E-state index contributed by atoms with van der Waals surface area (Å²) in [5.41, 5.74) is 4.18. The SMILES string of the molecule is O=C1[C@@H]2[C@@H](C(=O)N1c1ccccc1O)C1(Br)c3ccccc3C2(Br)c2ccccc21. The molecule has 1 heterocycles. The summed E-state index contributed by atoms with van der Waals surface area (Å²) >= 11 is 7.93. The number of hydrogen-bond acceptors (Lipinski definition) is 3. The second-order valence-corrected chi connectivity index (χ2v) is 10.5. The Kier molecular flexibility index (Phi) is 3.56. The molecule has 2 amide bonds. The maximum atomic E-state index is 13.8. The van der Waals surface area contributed by atoms with Crippen LogP contribution in [0.3, 0.4) is 0 Å². The van der Waals surface area contributed by atoms with Crippen molar-refractivity contribution < 1.29 is 14.7 Å². The average molecular weight is 525 g/mol. The Bertz CT molecular complexity index is 1150. The number of nitrogens with zero attached hydrogens (tertiary/aromatic N) is 1. The molecule has 2 atom stereocenters. The summed E-state index contributed by atoms with van der Waals surface area (Å²) in [6.45, 7) is 0. The second kappa shape index (κ2) is 5.83. The number of phenolic OH excluding ortho intramolecular Hbond substituents is 1. The monoisotopic (exact) mass is 523 g/mol. The van der Waals surface area contributed by atoms with Crippen LogP contribution in [0.25, 0.3) is 0 Å². The molecule has 30 heavy (non-hydrogen) atoms. The molecule has 1 aliphatic heterocycles. The summed E-state index contributed by atoms with van der Waals surface area (Å²) in [5, 5.41) is 10.4. The number of carbonyl (C=O) groups excluding carboxylic acids is 2. The molecule has 148 valence electrons. The number of aromatic hydroxyl groups is 1. The molecule has 3 aliphatic carbocycles. The number of alkyl halides is 2. The van der Waals surface area contributed by atoms with Crippen LogP contribution >= 0.6 is 31.9 Å². The highest BCUT2D eigenvalue weighted by molar-refractivity contribution is 9.10. The lowest BCUT2D eigenvalue weighted by Crippen LogP contribution is -2.56. The van der Waals surface area contributed by atoms with Crippen molar-refractivity contribution in [1.29, 1.82) is 0 Å². The van der Waals surface area contributed by atoms with Gasteiger partial charge in [0, 0.05) is 0 Å². The normalized spacial score (nSPS) is 30.8. The van der Waals surface area contributed by atoms with E-state index in [0.717, 1.165) is 27.2 Å². The number of phenols is 1. The Balaban J connectivity index is 1.68. The van der Waals surface area contributed by atoms with Crippen LogP contribution in [-0.4, -0.2) is 16.9 Å². The zero-order valence-corrected chi connectivity index (χ0v) is 18.7. The fourth-order valence-electron chi connectivity index (χ4n) is 5.56. The number of hydrogen-bond donors (Lipinski definition) is 1. The van der Waals surface area contributed by atoms with Crippen molar-refractivity contribution in [3.63, 3.8) is 0 Å². The van der Waals surface area contributed by atoms with Crippen LogP contribution < -0.4 is 4.90 Å². The molecule has 2 bridgehead atoms. The molecule has 3 aromatic rings. The Morgan fingerprint density at radius 3 is 1.43 bits per heavy atom.